The molecule has 2 amide bonds. The van der Waals surface area contributed by atoms with Crippen LogP contribution in [-0.4, -0.2) is 50.0 Å². The number of carbonyl (C=O) groups is 2. The number of para-hydroxylation sites is 1. The van der Waals surface area contributed by atoms with Gasteiger partial charge in [0, 0.05) is 22.9 Å². The van der Waals surface area contributed by atoms with E-state index >= 15 is 0 Å². The van der Waals surface area contributed by atoms with Crippen molar-refractivity contribution in [3.05, 3.63) is 59.4 Å². The van der Waals surface area contributed by atoms with Gasteiger partial charge in [-0.1, -0.05) is 32.0 Å². The topological polar surface area (TPSA) is 128 Å². The van der Waals surface area contributed by atoms with E-state index in [9.17, 15) is 14.7 Å². The number of nitrogens with one attached hydrogen (secondary N) is 3. The fourth-order valence-corrected chi connectivity index (χ4v) is 4.71. The highest BCUT2D eigenvalue weighted by Crippen LogP contribution is 2.39. The highest BCUT2D eigenvalue weighted by Gasteiger charge is 2.43. The van der Waals surface area contributed by atoms with Crippen molar-refractivity contribution in [1.29, 1.82) is 5.41 Å². The zero-order valence-electron chi connectivity index (χ0n) is 20.6. The maximum Gasteiger partial charge on any atom is 0.251 e. The Balaban J connectivity index is 1.51. The van der Waals surface area contributed by atoms with Gasteiger partial charge in [0.1, 0.15) is 17.5 Å². The predicted molar refractivity (Wildman–Crippen MR) is 131 cm³/mol. The number of guanidine groups is 1. The predicted octanol–water partition coefficient (Wildman–Crippen LogP) is 2.90. The molecule has 1 saturated heterocycles. The maximum atomic E-state index is 13.2. The first-order chi connectivity index (χ1) is 16.6. The van der Waals surface area contributed by atoms with Gasteiger partial charge in [-0.2, -0.15) is 0 Å². The minimum absolute atomic E-state index is 0.0470. The number of aromatic nitrogens is 1. The number of hydrogen-bond donors (Lipinski definition) is 4. The maximum absolute atomic E-state index is 13.2. The van der Waals surface area contributed by atoms with Gasteiger partial charge in [-0.05, 0) is 44.9 Å². The molecule has 2 atom stereocenters. The van der Waals surface area contributed by atoms with Crippen LogP contribution in [0.15, 0.2) is 42.6 Å². The van der Waals surface area contributed by atoms with E-state index in [2.05, 4.69) is 15.6 Å². The Labute approximate surface area is 205 Å². The number of rotatable bonds is 6. The number of nitrogens with zero attached hydrogens (tertiary/aromatic N) is 2. The van der Waals surface area contributed by atoms with Crippen molar-refractivity contribution in [1.82, 2.24) is 20.5 Å². The van der Waals surface area contributed by atoms with Crippen molar-refractivity contribution in [3.63, 3.8) is 0 Å². The van der Waals surface area contributed by atoms with Crippen LogP contribution in [0.25, 0.3) is 0 Å². The first-order valence-corrected chi connectivity index (χ1v) is 12.0. The quantitative estimate of drug-likeness (QED) is 0.505. The number of carbonyl (C=O) groups excluding carboxylic acids is 2. The van der Waals surface area contributed by atoms with E-state index in [0.29, 0.717) is 29.0 Å². The highest BCUT2D eigenvalue weighted by atomic mass is 16.5. The summed E-state index contributed by atoms with van der Waals surface area (Å²) >= 11 is 0. The van der Waals surface area contributed by atoms with Gasteiger partial charge in [-0.15, -0.1) is 0 Å². The minimum atomic E-state index is -0.961. The lowest BCUT2D eigenvalue weighted by molar-refractivity contribution is -0.131. The summed E-state index contributed by atoms with van der Waals surface area (Å²) in [5.74, 6) is 0.150. The number of fused-ring (bicyclic) bond motifs is 1. The van der Waals surface area contributed by atoms with Gasteiger partial charge >= 0.3 is 0 Å². The smallest absolute Gasteiger partial charge is 0.251 e. The lowest BCUT2D eigenvalue weighted by Gasteiger charge is -2.42. The molecule has 0 saturated carbocycles. The standard InChI is InChI=1S/C26H33N5O4/c1-5-26(6-2)14-20(32)31(24(27)30-26)15-17-13-16(11-12-28-17)23(34)29-21-18-9-7-8-10-19(18)35-25(3,4)22(21)33/h7-13,21-22,33H,5-6,14-15H2,1-4H3,(H2,27,30)(H,29,34). The van der Waals surface area contributed by atoms with Crippen LogP contribution in [0.5, 0.6) is 5.75 Å². The van der Waals surface area contributed by atoms with Crippen LogP contribution in [0.2, 0.25) is 0 Å². The second-order valence-corrected chi connectivity index (χ2v) is 9.79. The Hall–Kier alpha value is -3.46. The Bertz CT molecular complexity index is 1120. The number of ether oxygens (including phenoxy) is 1. The van der Waals surface area contributed by atoms with Crippen LogP contribution < -0.4 is 15.4 Å². The Kier molecular flexibility index (Phi) is 6.55. The van der Waals surface area contributed by atoms with Crippen molar-refractivity contribution < 1.29 is 19.4 Å². The summed E-state index contributed by atoms with van der Waals surface area (Å²) in [7, 11) is 0. The van der Waals surface area contributed by atoms with Gasteiger partial charge in [-0.25, -0.2) is 0 Å². The largest absolute Gasteiger partial charge is 0.485 e. The van der Waals surface area contributed by atoms with Gasteiger partial charge in [-0.3, -0.25) is 24.9 Å². The second kappa shape index (κ2) is 9.30. The molecule has 186 valence electrons. The molecule has 0 bridgehead atoms. The third-order valence-corrected chi connectivity index (χ3v) is 7.14. The average Bonchev–Trinajstić information content (AvgIpc) is 2.84. The molecule has 0 radical (unpaired) electrons. The molecule has 1 aromatic carbocycles. The third kappa shape index (κ3) is 4.73. The van der Waals surface area contributed by atoms with E-state index in [4.69, 9.17) is 10.1 Å². The number of aliphatic hydroxyl groups excluding tert-OH is 1. The van der Waals surface area contributed by atoms with E-state index in [1.807, 2.05) is 38.1 Å². The van der Waals surface area contributed by atoms with Crippen LogP contribution in [0.1, 0.15) is 74.6 Å². The Morgan fingerprint density at radius 2 is 2.00 bits per heavy atom. The summed E-state index contributed by atoms with van der Waals surface area (Å²) in [5.41, 5.74) is 0.268. The summed E-state index contributed by atoms with van der Waals surface area (Å²) in [4.78, 5) is 31.7. The third-order valence-electron chi connectivity index (χ3n) is 7.14. The fourth-order valence-electron chi connectivity index (χ4n) is 4.71. The molecule has 1 aromatic heterocycles. The first kappa shape index (κ1) is 24.7. The molecule has 0 aliphatic carbocycles. The summed E-state index contributed by atoms with van der Waals surface area (Å²) in [6, 6.07) is 9.86. The minimum Gasteiger partial charge on any atom is -0.485 e. The highest BCUT2D eigenvalue weighted by molar-refractivity contribution is 5.99. The van der Waals surface area contributed by atoms with Gasteiger partial charge in [0.2, 0.25) is 5.91 Å². The van der Waals surface area contributed by atoms with Crippen molar-refractivity contribution in [2.24, 2.45) is 0 Å². The zero-order chi connectivity index (χ0) is 25.4. The number of hydrogen-bond acceptors (Lipinski definition) is 6. The van der Waals surface area contributed by atoms with Gasteiger partial charge in [0.25, 0.3) is 5.91 Å². The zero-order valence-corrected chi connectivity index (χ0v) is 20.6. The lowest BCUT2D eigenvalue weighted by Crippen LogP contribution is -2.61. The molecule has 9 nitrogen and oxygen atoms in total. The molecule has 4 N–H and O–H groups in total. The fraction of sp³-hybridized carbons (Fsp3) is 0.462. The van der Waals surface area contributed by atoms with E-state index in [1.54, 1.807) is 26.0 Å². The second-order valence-electron chi connectivity index (χ2n) is 9.79. The van der Waals surface area contributed by atoms with Crippen molar-refractivity contribution in [2.45, 2.75) is 76.8 Å². The van der Waals surface area contributed by atoms with Crippen LogP contribution in [0, 0.1) is 5.41 Å². The molecule has 3 heterocycles. The molecule has 2 aliphatic heterocycles. The Morgan fingerprint density at radius 3 is 2.69 bits per heavy atom. The first-order valence-electron chi connectivity index (χ1n) is 12.0. The van der Waals surface area contributed by atoms with Crippen LogP contribution in [-0.2, 0) is 11.3 Å². The number of amides is 2. The van der Waals surface area contributed by atoms with Crippen molar-refractivity contribution >= 4 is 17.8 Å². The molecule has 9 heteroatoms. The van der Waals surface area contributed by atoms with Crippen LogP contribution in [0.3, 0.4) is 0 Å². The Morgan fingerprint density at radius 1 is 1.29 bits per heavy atom. The van der Waals surface area contributed by atoms with Crippen LogP contribution in [0.4, 0.5) is 0 Å². The van der Waals surface area contributed by atoms with Crippen molar-refractivity contribution in [2.75, 3.05) is 0 Å². The molecule has 4 rings (SSSR count). The van der Waals surface area contributed by atoms with E-state index in [-0.39, 0.29) is 24.3 Å². The van der Waals surface area contributed by atoms with Gasteiger partial charge in [0.05, 0.1) is 24.7 Å². The summed E-state index contributed by atoms with van der Waals surface area (Å²) in [6.07, 6.45) is 2.35. The van der Waals surface area contributed by atoms with Crippen molar-refractivity contribution in [3.8, 4) is 5.75 Å². The van der Waals surface area contributed by atoms with E-state index in [0.717, 1.165) is 12.8 Å². The summed E-state index contributed by atoms with van der Waals surface area (Å²) in [5, 5.41) is 25.4. The van der Waals surface area contributed by atoms with Gasteiger partial charge in [0.15, 0.2) is 5.96 Å². The SMILES string of the molecule is CCC1(CC)CC(=O)N(Cc2cc(C(=O)NC3c4ccccc4OC(C)(C)C3O)ccn2)C(=N)N1. The average molecular weight is 480 g/mol. The van der Waals surface area contributed by atoms with Gasteiger partial charge < -0.3 is 20.5 Å². The molecule has 0 spiro atoms. The molecular formula is C26H33N5O4. The number of pyridine rings is 1. The number of benzene rings is 1. The number of aliphatic hydroxyl groups is 1. The molecular weight excluding hydrogens is 446 g/mol. The van der Waals surface area contributed by atoms with E-state index in [1.165, 1.54) is 11.1 Å². The summed E-state index contributed by atoms with van der Waals surface area (Å²) in [6.45, 7) is 7.66. The molecule has 1 fully saturated rings. The molecule has 2 aromatic rings. The molecule has 2 aliphatic rings. The lowest BCUT2D eigenvalue weighted by atomic mass is 9.86. The van der Waals surface area contributed by atoms with Crippen LogP contribution >= 0.6 is 0 Å². The normalized spacial score (nSPS) is 22.6. The summed E-state index contributed by atoms with van der Waals surface area (Å²) < 4.78 is 5.93. The molecule has 2 unspecified atom stereocenters. The monoisotopic (exact) mass is 479 g/mol. The molecule has 35 heavy (non-hydrogen) atoms. The van der Waals surface area contributed by atoms with E-state index < -0.39 is 23.3 Å².